The van der Waals surface area contributed by atoms with Crippen molar-refractivity contribution in [3.05, 3.63) is 29.8 Å². The first-order valence-electron chi connectivity index (χ1n) is 7.99. The Balaban J connectivity index is 2.47. The number of hydrogen-bond donors (Lipinski definition) is 1. The zero-order valence-corrected chi connectivity index (χ0v) is 13.7. The molecule has 0 radical (unpaired) electrons. The normalized spacial score (nSPS) is 12.6. The van der Waals surface area contributed by atoms with Crippen LogP contribution in [-0.2, 0) is 4.74 Å². The standard InChI is InChI=1S/C17H30N2O2/c1-4-12-21-16-9-7-15(8-10-16)17(18)14-19(5-2)11-13-20-6-3/h7-10,17H,4-6,11-14,18H2,1-3H3. The Hall–Kier alpha value is -1.10. The second kappa shape index (κ2) is 10.6. The van der Waals surface area contributed by atoms with Crippen molar-refractivity contribution in [2.24, 2.45) is 5.73 Å². The number of nitrogens with two attached hydrogens (primary N) is 1. The van der Waals surface area contributed by atoms with E-state index in [0.29, 0.717) is 0 Å². The van der Waals surface area contributed by atoms with Gasteiger partial charge in [0.2, 0.25) is 0 Å². The van der Waals surface area contributed by atoms with E-state index in [1.54, 1.807) is 0 Å². The summed E-state index contributed by atoms with van der Waals surface area (Å²) in [7, 11) is 0. The SMILES string of the molecule is CCCOc1ccc(C(N)CN(CC)CCOCC)cc1. The van der Waals surface area contributed by atoms with Crippen LogP contribution >= 0.6 is 0 Å². The zero-order valence-electron chi connectivity index (χ0n) is 13.7. The maximum absolute atomic E-state index is 6.30. The summed E-state index contributed by atoms with van der Waals surface area (Å²) in [6, 6.07) is 8.15. The minimum Gasteiger partial charge on any atom is -0.494 e. The molecule has 0 saturated heterocycles. The predicted octanol–water partition coefficient (Wildman–Crippen LogP) is 2.83. The molecular formula is C17H30N2O2. The molecule has 0 amide bonds. The molecule has 4 heteroatoms. The van der Waals surface area contributed by atoms with E-state index in [1.807, 2.05) is 19.1 Å². The molecule has 0 heterocycles. The number of rotatable bonds is 11. The van der Waals surface area contributed by atoms with Crippen molar-refractivity contribution in [1.29, 1.82) is 0 Å². The topological polar surface area (TPSA) is 47.7 Å². The molecule has 0 fully saturated rings. The fourth-order valence-electron chi connectivity index (χ4n) is 2.13. The lowest BCUT2D eigenvalue weighted by molar-refractivity contribution is 0.113. The molecule has 0 aromatic heterocycles. The van der Waals surface area contributed by atoms with Gasteiger partial charge in [-0.15, -0.1) is 0 Å². The average molecular weight is 294 g/mol. The first kappa shape index (κ1) is 18.0. The fourth-order valence-corrected chi connectivity index (χ4v) is 2.13. The molecule has 1 aromatic carbocycles. The summed E-state index contributed by atoms with van der Waals surface area (Å²) >= 11 is 0. The van der Waals surface area contributed by atoms with Gasteiger partial charge in [-0.2, -0.15) is 0 Å². The lowest BCUT2D eigenvalue weighted by Gasteiger charge is -2.24. The van der Waals surface area contributed by atoms with Crippen LogP contribution in [0.5, 0.6) is 5.75 Å². The van der Waals surface area contributed by atoms with Crippen LogP contribution in [0.1, 0.15) is 38.8 Å². The Labute approximate surface area is 129 Å². The second-order valence-corrected chi connectivity index (χ2v) is 5.11. The van der Waals surface area contributed by atoms with E-state index in [2.05, 4.69) is 30.9 Å². The maximum atomic E-state index is 6.30. The van der Waals surface area contributed by atoms with E-state index in [9.17, 15) is 0 Å². The van der Waals surface area contributed by atoms with E-state index in [1.165, 1.54) is 0 Å². The van der Waals surface area contributed by atoms with Crippen molar-refractivity contribution in [3.8, 4) is 5.75 Å². The highest BCUT2D eigenvalue weighted by atomic mass is 16.5. The molecule has 0 aliphatic rings. The van der Waals surface area contributed by atoms with Crippen LogP contribution in [0.4, 0.5) is 0 Å². The van der Waals surface area contributed by atoms with Crippen LogP contribution in [-0.4, -0.2) is 44.4 Å². The molecule has 1 aromatic rings. The summed E-state index contributed by atoms with van der Waals surface area (Å²) in [5.74, 6) is 0.913. The summed E-state index contributed by atoms with van der Waals surface area (Å²) in [5, 5.41) is 0. The summed E-state index contributed by atoms with van der Waals surface area (Å²) < 4.78 is 11.0. The molecule has 2 N–H and O–H groups in total. The third-order valence-electron chi connectivity index (χ3n) is 3.44. The second-order valence-electron chi connectivity index (χ2n) is 5.11. The molecule has 1 rings (SSSR count). The third kappa shape index (κ3) is 6.93. The number of benzene rings is 1. The van der Waals surface area contributed by atoms with Gasteiger partial charge in [-0.25, -0.2) is 0 Å². The molecule has 1 unspecified atom stereocenters. The molecule has 0 aliphatic heterocycles. The predicted molar refractivity (Wildman–Crippen MR) is 87.8 cm³/mol. The fraction of sp³-hybridized carbons (Fsp3) is 0.647. The lowest BCUT2D eigenvalue weighted by Crippen LogP contribution is -2.34. The van der Waals surface area contributed by atoms with Crippen LogP contribution in [0.15, 0.2) is 24.3 Å². The van der Waals surface area contributed by atoms with Gasteiger partial charge < -0.3 is 15.2 Å². The number of hydrogen-bond acceptors (Lipinski definition) is 4. The number of ether oxygens (including phenoxy) is 2. The summed E-state index contributed by atoms with van der Waals surface area (Å²) in [6.45, 7) is 11.3. The van der Waals surface area contributed by atoms with Crippen molar-refractivity contribution in [1.82, 2.24) is 4.90 Å². The number of likely N-dealkylation sites (N-methyl/N-ethyl adjacent to an activating group) is 1. The van der Waals surface area contributed by atoms with E-state index >= 15 is 0 Å². The van der Waals surface area contributed by atoms with Gasteiger partial charge in [-0.1, -0.05) is 26.0 Å². The van der Waals surface area contributed by atoms with Crippen LogP contribution in [0, 0.1) is 0 Å². The van der Waals surface area contributed by atoms with Gasteiger partial charge in [-0.3, -0.25) is 4.90 Å². The van der Waals surface area contributed by atoms with Gasteiger partial charge in [0.25, 0.3) is 0 Å². The third-order valence-corrected chi connectivity index (χ3v) is 3.44. The van der Waals surface area contributed by atoms with Crippen molar-refractivity contribution in [3.63, 3.8) is 0 Å². The minimum atomic E-state index is 0.0202. The molecule has 0 spiro atoms. The van der Waals surface area contributed by atoms with E-state index in [0.717, 1.165) is 57.2 Å². The molecule has 4 nitrogen and oxygen atoms in total. The highest BCUT2D eigenvalue weighted by molar-refractivity contribution is 5.29. The van der Waals surface area contributed by atoms with Gasteiger partial charge in [0.15, 0.2) is 0 Å². The Bertz CT molecular complexity index is 368. The quantitative estimate of drug-likeness (QED) is 0.638. The van der Waals surface area contributed by atoms with Crippen LogP contribution in [0.25, 0.3) is 0 Å². The Kier molecular flexibility index (Phi) is 9.06. The monoisotopic (exact) mass is 294 g/mol. The Morgan fingerprint density at radius 1 is 1.10 bits per heavy atom. The molecule has 1 atom stereocenters. The smallest absolute Gasteiger partial charge is 0.119 e. The Morgan fingerprint density at radius 3 is 2.38 bits per heavy atom. The lowest BCUT2D eigenvalue weighted by atomic mass is 10.1. The largest absolute Gasteiger partial charge is 0.494 e. The molecule has 0 bridgehead atoms. The van der Waals surface area contributed by atoms with E-state index in [-0.39, 0.29) is 6.04 Å². The molecular weight excluding hydrogens is 264 g/mol. The van der Waals surface area contributed by atoms with E-state index in [4.69, 9.17) is 15.2 Å². The van der Waals surface area contributed by atoms with Gasteiger partial charge in [0.05, 0.1) is 13.2 Å². The van der Waals surface area contributed by atoms with Crippen LogP contribution in [0.3, 0.4) is 0 Å². The van der Waals surface area contributed by atoms with Crippen molar-refractivity contribution in [2.75, 3.05) is 39.5 Å². The van der Waals surface area contributed by atoms with Crippen molar-refractivity contribution < 1.29 is 9.47 Å². The minimum absolute atomic E-state index is 0.0202. The van der Waals surface area contributed by atoms with Crippen LogP contribution in [0.2, 0.25) is 0 Å². The summed E-state index contributed by atoms with van der Waals surface area (Å²) in [5.41, 5.74) is 7.45. The van der Waals surface area contributed by atoms with Crippen molar-refractivity contribution in [2.45, 2.75) is 33.2 Å². The van der Waals surface area contributed by atoms with Gasteiger partial charge in [0, 0.05) is 25.7 Å². The van der Waals surface area contributed by atoms with Gasteiger partial charge in [-0.05, 0) is 37.6 Å². The molecule has 0 aliphatic carbocycles. The van der Waals surface area contributed by atoms with Gasteiger partial charge in [0.1, 0.15) is 5.75 Å². The zero-order chi connectivity index (χ0) is 15.5. The highest BCUT2D eigenvalue weighted by Crippen LogP contribution is 2.17. The van der Waals surface area contributed by atoms with Crippen LogP contribution < -0.4 is 10.5 Å². The highest BCUT2D eigenvalue weighted by Gasteiger charge is 2.11. The van der Waals surface area contributed by atoms with Crippen molar-refractivity contribution >= 4 is 0 Å². The average Bonchev–Trinajstić information content (AvgIpc) is 2.52. The molecule has 21 heavy (non-hydrogen) atoms. The van der Waals surface area contributed by atoms with E-state index < -0.39 is 0 Å². The summed E-state index contributed by atoms with van der Waals surface area (Å²) in [4.78, 5) is 2.32. The Morgan fingerprint density at radius 2 is 1.81 bits per heavy atom. The first-order chi connectivity index (χ1) is 10.2. The number of nitrogens with zero attached hydrogens (tertiary/aromatic N) is 1. The molecule has 120 valence electrons. The van der Waals surface area contributed by atoms with Gasteiger partial charge >= 0.3 is 0 Å². The summed E-state index contributed by atoms with van der Waals surface area (Å²) in [6.07, 6.45) is 1.02. The molecule has 0 saturated carbocycles. The first-order valence-corrected chi connectivity index (χ1v) is 7.99. The maximum Gasteiger partial charge on any atom is 0.119 e.